The molecular weight excluding hydrogens is 586 g/mol. The van der Waals surface area contributed by atoms with Crippen molar-refractivity contribution in [2.75, 3.05) is 39.7 Å². The molecule has 5 atom stereocenters. The Kier molecular flexibility index (Phi) is 10.2. The standard InChI is InChI=1S/C36H49N3O7/c1-7-21(2)32(35(42)39-17-16-36(43)15-9-8-10-24(36)20-39)38-28-14-12-25-26(19-29(28)41)27(37-22(3)40)13-11-23-18-30(44-4)33(45-5)34(46-6)31(23)25/h12,14,18-19,21,24,27,32,43H,7-11,13,15-17,20H2,1-6H3,(H,37,40)(H,38,41)/t21-,24-,27+,32+,36-/m1/s1. The number of carbonyl (C=O) groups is 2. The van der Waals surface area contributed by atoms with Crippen LogP contribution in [0.2, 0.25) is 0 Å². The summed E-state index contributed by atoms with van der Waals surface area (Å²) in [5.41, 5.74) is 2.45. The monoisotopic (exact) mass is 635 g/mol. The van der Waals surface area contributed by atoms with Gasteiger partial charge in [-0.2, -0.15) is 0 Å². The number of nitrogens with one attached hydrogen (secondary N) is 2. The summed E-state index contributed by atoms with van der Waals surface area (Å²) in [4.78, 5) is 42.3. The molecule has 2 amide bonds. The summed E-state index contributed by atoms with van der Waals surface area (Å²) in [6, 6.07) is 6.05. The molecule has 3 aliphatic rings. The number of hydrogen-bond acceptors (Lipinski definition) is 8. The molecule has 2 fully saturated rings. The molecule has 1 saturated heterocycles. The molecule has 46 heavy (non-hydrogen) atoms. The van der Waals surface area contributed by atoms with Crippen molar-refractivity contribution in [3.05, 3.63) is 45.6 Å². The van der Waals surface area contributed by atoms with E-state index in [1.807, 2.05) is 30.9 Å². The van der Waals surface area contributed by atoms with E-state index in [1.54, 1.807) is 33.5 Å². The van der Waals surface area contributed by atoms with Crippen molar-refractivity contribution in [1.82, 2.24) is 10.2 Å². The molecule has 5 rings (SSSR count). The van der Waals surface area contributed by atoms with E-state index in [-0.39, 0.29) is 29.1 Å². The summed E-state index contributed by atoms with van der Waals surface area (Å²) < 4.78 is 17.2. The van der Waals surface area contributed by atoms with Gasteiger partial charge in [0.15, 0.2) is 11.5 Å². The second kappa shape index (κ2) is 13.9. The highest BCUT2D eigenvalue weighted by molar-refractivity contribution is 5.86. The van der Waals surface area contributed by atoms with Crippen molar-refractivity contribution in [2.45, 2.75) is 89.8 Å². The minimum absolute atomic E-state index is 0.0468. The first-order valence-corrected chi connectivity index (χ1v) is 16.6. The summed E-state index contributed by atoms with van der Waals surface area (Å²) in [6.45, 7) is 6.56. The van der Waals surface area contributed by atoms with Gasteiger partial charge >= 0.3 is 0 Å². The third-order valence-electron chi connectivity index (χ3n) is 10.4. The Balaban J connectivity index is 1.57. The number of aryl methyl sites for hydroxylation is 1. The van der Waals surface area contributed by atoms with Crippen molar-refractivity contribution in [3.8, 4) is 28.4 Å². The normalized spacial score (nSPS) is 23.4. The number of methoxy groups -OCH3 is 3. The lowest BCUT2D eigenvalue weighted by Crippen LogP contribution is -2.57. The summed E-state index contributed by atoms with van der Waals surface area (Å²) >= 11 is 0. The quantitative estimate of drug-likeness (QED) is 0.357. The Morgan fingerprint density at radius 3 is 2.50 bits per heavy atom. The van der Waals surface area contributed by atoms with E-state index < -0.39 is 17.7 Å². The third kappa shape index (κ3) is 6.41. The lowest BCUT2D eigenvalue weighted by atomic mass is 9.71. The van der Waals surface area contributed by atoms with Crippen molar-refractivity contribution in [2.24, 2.45) is 11.8 Å². The zero-order chi connectivity index (χ0) is 33.2. The van der Waals surface area contributed by atoms with Crippen LogP contribution in [-0.2, 0) is 16.0 Å². The first-order valence-electron chi connectivity index (χ1n) is 16.6. The predicted molar refractivity (Wildman–Crippen MR) is 178 cm³/mol. The van der Waals surface area contributed by atoms with E-state index in [9.17, 15) is 19.5 Å². The number of fused-ring (bicyclic) bond motifs is 4. The minimum atomic E-state index is -0.685. The zero-order valence-electron chi connectivity index (χ0n) is 28.0. The Morgan fingerprint density at radius 2 is 1.83 bits per heavy atom. The number of piperidine rings is 1. The van der Waals surface area contributed by atoms with Gasteiger partial charge in [-0.3, -0.25) is 14.4 Å². The van der Waals surface area contributed by atoms with Crippen LogP contribution in [0.15, 0.2) is 29.1 Å². The summed E-state index contributed by atoms with van der Waals surface area (Å²) in [6.07, 6.45) is 6.29. The van der Waals surface area contributed by atoms with Crippen LogP contribution in [0.5, 0.6) is 17.2 Å². The maximum absolute atomic E-state index is 14.1. The van der Waals surface area contributed by atoms with Crippen molar-refractivity contribution in [3.63, 3.8) is 0 Å². The zero-order valence-corrected chi connectivity index (χ0v) is 28.0. The molecule has 10 nitrogen and oxygen atoms in total. The van der Waals surface area contributed by atoms with Crippen LogP contribution in [0, 0.1) is 11.8 Å². The number of carbonyl (C=O) groups excluding carboxylic acids is 2. The van der Waals surface area contributed by atoms with Crippen molar-refractivity contribution < 1.29 is 28.9 Å². The molecule has 0 bridgehead atoms. The lowest BCUT2D eigenvalue weighted by molar-refractivity contribution is -0.145. The van der Waals surface area contributed by atoms with Gasteiger partial charge in [0.1, 0.15) is 6.04 Å². The number of nitrogens with zero attached hydrogens (tertiary/aromatic N) is 1. The number of hydrogen-bond donors (Lipinski definition) is 3. The molecule has 2 aliphatic carbocycles. The van der Waals surface area contributed by atoms with Gasteiger partial charge in [0.25, 0.3) is 0 Å². The molecule has 250 valence electrons. The Morgan fingerprint density at radius 1 is 1.07 bits per heavy atom. The molecule has 1 aliphatic heterocycles. The number of benzene rings is 1. The molecule has 0 aromatic heterocycles. The topological polar surface area (TPSA) is 126 Å². The van der Waals surface area contributed by atoms with Gasteiger partial charge in [0.05, 0.1) is 38.7 Å². The average Bonchev–Trinajstić information content (AvgIpc) is 3.29. The molecule has 0 unspecified atom stereocenters. The van der Waals surface area contributed by atoms with Crippen LogP contribution in [0.1, 0.15) is 82.9 Å². The number of aliphatic hydroxyl groups is 1. The summed E-state index contributed by atoms with van der Waals surface area (Å²) in [5, 5.41) is 17.6. The van der Waals surface area contributed by atoms with Crippen LogP contribution < -0.4 is 30.3 Å². The van der Waals surface area contributed by atoms with Crippen LogP contribution in [0.4, 0.5) is 5.69 Å². The smallest absolute Gasteiger partial charge is 0.245 e. The van der Waals surface area contributed by atoms with Crippen LogP contribution in [0.3, 0.4) is 0 Å². The van der Waals surface area contributed by atoms with Gasteiger partial charge in [-0.25, -0.2) is 0 Å². The maximum Gasteiger partial charge on any atom is 0.245 e. The fraction of sp³-hybridized carbons (Fsp3) is 0.583. The molecule has 0 radical (unpaired) electrons. The largest absolute Gasteiger partial charge is 0.493 e. The first-order chi connectivity index (χ1) is 22.0. The van der Waals surface area contributed by atoms with Gasteiger partial charge in [0, 0.05) is 31.5 Å². The lowest BCUT2D eigenvalue weighted by Gasteiger charge is -2.48. The molecule has 2 aromatic carbocycles. The number of rotatable bonds is 9. The SMILES string of the molecule is CC[C@@H](C)[C@H](Nc1ccc2c(cc1=O)[C@@H](NC(C)=O)CCc1cc(OC)c(OC)c(OC)c1-2)C(=O)N1CC[C@]2(O)CCCC[C@@H]2C1. The number of anilines is 1. The van der Waals surface area contributed by atoms with Crippen molar-refractivity contribution in [1.29, 1.82) is 0 Å². The molecular formula is C36H49N3O7. The van der Waals surface area contributed by atoms with E-state index >= 15 is 0 Å². The predicted octanol–water partition coefficient (Wildman–Crippen LogP) is 4.84. The van der Waals surface area contributed by atoms with E-state index in [4.69, 9.17) is 14.2 Å². The van der Waals surface area contributed by atoms with E-state index in [1.165, 1.54) is 6.92 Å². The fourth-order valence-corrected chi connectivity index (χ4v) is 7.65. The van der Waals surface area contributed by atoms with Gasteiger partial charge in [-0.15, -0.1) is 0 Å². The third-order valence-corrected chi connectivity index (χ3v) is 10.4. The molecule has 1 heterocycles. The Bertz CT molecular complexity index is 1530. The second-order valence-corrected chi connectivity index (χ2v) is 13.2. The fourth-order valence-electron chi connectivity index (χ4n) is 7.65. The average molecular weight is 636 g/mol. The van der Waals surface area contributed by atoms with Gasteiger partial charge in [-0.1, -0.05) is 39.2 Å². The highest BCUT2D eigenvalue weighted by Gasteiger charge is 2.45. The Labute approximate surface area is 271 Å². The number of ether oxygens (including phenoxy) is 3. The van der Waals surface area contributed by atoms with E-state index in [2.05, 4.69) is 10.6 Å². The molecule has 10 heteroatoms. The number of amides is 2. The summed E-state index contributed by atoms with van der Waals surface area (Å²) in [5.74, 6) is 1.23. The van der Waals surface area contributed by atoms with Crippen LogP contribution in [-0.4, -0.2) is 67.9 Å². The van der Waals surface area contributed by atoms with E-state index in [0.29, 0.717) is 60.9 Å². The van der Waals surface area contributed by atoms with Crippen LogP contribution in [0.25, 0.3) is 11.1 Å². The van der Waals surface area contributed by atoms with Gasteiger partial charge in [0.2, 0.25) is 23.0 Å². The molecule has 3 N–H and O–H groups in total. The van der Waals surface area contributed by atoms with Crippen LogP contribution >= 0.6 is 0 Å². The highest BCUT2D eigenvalue weighted by atomic mass is 16.5. The first kappa shape index (κ1) is 33.6. The second-order valence-electron chi connectivity index (χ2n) is 13.2. The Hall–Kier alpha value is -3.79. The minimum Gasteiger partial charge on any atom is -0.493 e. The molecule has 0 spiro atoms. The molecule has 1 saturated carbocycles. The van der Waals surface area contributed by atoms with E-state index in [0.717, 1.165) is 48.8 Å². The van der Waals surface area contributed by atoms with Gasteiger partial charge in [-0.05, 0) is 72.9 Å². The summed E-state index contributed by atoms with van der Waals surface area (Å²) in [7, 11) is 4.69. The number of likely N-dealkylation sites (tertiary alicyclic amines) is 1. The highest BCUT2D eigenvalue weighted by Crippen LogP contribution is 2.50. The maximum atomic E-state index is 14.1. The van der Waals surface area contributed by atoms with Gasteiger partial charge < -0.3 is 34.9 Å². The molecule has 2 aromatic rings. The van der Waals surface area contributed by atoms with Crippen molar-refractivity contribution >= 4 is 17.5 Å².